The van der Waals surface area contributed by atoms with Gasteiger partial charge in [0.05, 0.1) is 6.04 Å². The number of para-hydroxylation sites is 1. The van der Waals surface area contributed by atoms with Crippen LogP contribution in [0.2, 0.25) is 5.02 Å². The average molecular weight is 331 g/mol. The predicted octanol–water partition coefficient (Wildman–Crippen LogP) is 3.56. The summed E-state index contributed by atoms with van der Waals surface area (Å²) in [6, 6.07) is 14.8. The van der Waals surface area contributed by atoms with Gasteiger partial charge in [-0.15, -0.1) is 0 Å². The smallest absolute Gasteiger partial charge is 0.241 e. The Morgan fingerprint density at radius 3 is 2.83 bits per heavy atom. The number of halogens is 1. The van der Waals surface area contributed by atoms with Gasteiger partial charge in [0, 0.05) is 29.4 Å². The molecule has 0 aliphatic carbocycles. The molecule has 1 aliphatic rings. The van der Waals surface area contributed by atoms with Gasteiger partial charge < -0.3 is 10.1 Å². The SMILES string of the molecule is C[C@@H](C(=O)Nc1ccccc1)N1CCOc2ccc(Cl)cc2C1. The highest BCUT2D eigenvalue weighted by Crippen LogP contribution is 2.27. The molecular formula is C18H19ClN2O2. The molecular weight excluding hydrogens is 312 g/mol. The number of hydrogen-bond acceptors (Lipinski definition) is 3. The van der Waals surface area contributed by atoms with Crippen molar-refractivity contribution >= 4 is 23.2 Å². The van der Waals surface area contributed by atoms with Crippen LogP contribution < -0.4 is 10.1 Å². The summed E-state index contributed by atoms with van der Waals surface area (Å²) < 4.78 is 5.75. The molecule has 5 heteroatoms. The Bertz CT molecular complexity index is 691. The van der Waals surface area contributed by atoms with Gasteiger partial charge in [-0.05, 0) is 37.3 Å². The van der Waals surface area contributed by atoms with Gasteiger partial charge in [-0.3, -0.25) is 9.69 Å². The Kier molecular flexibility index (Phi) is 4.84. The topological polar surface area (TPSA) is 41.6 Å². The van der Waals surface area contributed by atoms with Crippen molar-refractivity contribution < 1.29 is 9.53 Å². The molecule has 1 atom stereocenters. The number of carbonyl (C=O) groups excluding carboxylic acids is 1. The number of anilines is 1. The maximum Gasteiger partial charge on any atom is 0.241 e. The molecule has 3 rings (SSSR count). The monoisotopic (exact) mass is 330 g/mol. The van der Waals surface area contributed by atoms with Crippen molar-refractivity contribution in [3.8, 4) is 5.75 Å². The lowest BCUT2D eigenvalue weighted by atomic mass is 10.1. The lowest BCUT2D eigenvalue weighted by Gasteiger charge is -2.26. The third-order valence-corrected chi connectivity index (χ3v) is 4.24. The fourth-order valence-electron chi connectivity index (χ4n) is 2.65. The van der Waals surface area contributed by atoms with Gasteiger partial charge in [0.25, 0.3) is 0 Å². The van der Waals surface area contributed by atoms with E-state index in [9.17, 15) is 4.79 Å². The highest BCUT2D eigenvalue weighted by molar-refractivity contribution is 6.30. The van der Waals surface area contributed by atoms with E-state index < -0.39 is 0 Å². The molecule has 0 aromatic heterocycles. The Morgan fingerprint density at radius 2 is 2.04 bits per heavy atom. The molecule has 120 valence electrons. The second-order valence-electron chi connectivity index (χ2n) is 5.60. The van der Waals surface area contributed by atoms with Gasteiger partial charge in [0.1, 0.15) is 12.4 Å². The summed E-state index contributed by atoms with van der Waals surface area (Å²) in [6.07, 6.45) is 0. The molecule has 2 aromatic carbocycles. The van der Waals surface area contributed by atoms with E-state index in [1.807, 2.05) is 55.5 Å². The van der Waals surface area contributed by atoms with Gasteiger partial charge in [-0.1, -0.05) is 29.8 Å². The molecule has 1 N–H and O–H groups in total. The van der Waals surface area contributed by atoms with Crippen LogP contribution in [0.3, 0.4) is 0 Å². The summed E-state index contributed by atoms with van der Waals surface area (Å²) >= 11 is 6.07. The molecule has 1 heterocycles. The number of benzene rings is 2. The molecule has 0 spiro atoms. The highest BCUT2D eigenvalue weighted by Gasteiger charge is 2.24. The molecule has 4 nitrogen and oxygen atoms in total. The van der Waals surface area contributed by atoms with Crippen LogP contribution in [-0.2, 0) is 11.3 Å². The standard InChI is InChI=1S/C18H19ClN2O2/c1-13(18(22)20-16-5-3-2-4-6-16)21-9-10-23-17-8-7-15(19)11-14(17)12-21/h2-8,11,13H,9-10,12H2,1H3,(H,20,22)/t13-/m0/s1. The zero-order chi connectivity index (χ0) is 16.2. The Labute approximate surface area is 141 Å². The van der Waals surface area contributed by atoms with Gasteiger partial charge in [-0.25, -0.2) is 0 Å². The molecule has 1 amide bonds. The van der Waals surface area contributed by atoms with Gasteiger partial charge in [-0.2, -0.15) is 0 Å². The van der Waals surface area contributed by atoms with E-state index in [0.29, 0.717) is 24.7 Å². The Morgan fingerprint density at radius 1 is 1.26 bits per heavy atom. The van der Waals surface area contributed by atoms with Crippen LogP contribution in [0.1, 0.15) is 12.5 Å². The van der Waals surface area contributed by atoms with E-state index in [1.165, 1.54) is 0 Å². The van der Waals surface area contributed by atoms with Gasteiger partial charge in [0.15, 0.2) is 0 Å². The molecule has 0 unspecified atom stereocenters. The van der Waals surface area contributed by atoms with Crippen LogP contribution in [0.4, 0.5) is 5.69 Å². The summed E-state index contributed by atoms with van der Waals surface area (Å²) in [4.78, 5) is 14.6. The van der Waals surface area contributed by atoms with E-state index >= 15 is 0 Å². The maximum absolute atomic E-state index is 12.5. The number of nitrogens with one attached hydrogen (secondary N) is 1. The van der Waals surface area contributed by atoms with Crippen LogP contribution in [-0.4, -0.2) is 30.0 Å². The molecule has 0 radical (unpaired) electrons. The van der Waals surface area contributed by atoms with Gasteiger partial charge in [0.2, 0.25) is 5.91 Å². The van der Waals surface area contributed by atoms with Crippen LogP contribution >= 0.6 is 11.6 Å². The summed E-state index contributed by atoms with van der Waals surface area (Å²) in [5.74, 6) is 0.814. The molecule has 0 saturated heterocycles. The lowest BCUT2D eigenvalue weighted by Crippen LogP contribution is -2.42. The molecule has 0 bridgehead atoms. The van der Waals surface area contributed by atoms with E-state index in [2.05, 4.69) is 10.2 Å². The molecule has 0 fully saturated rings. The van der Waals surface area contributed by atoms with Crippen LogP contribution in [0.25, 0.3) is 0 Å². The third kappa shape index (κ3) is 3.84. The molecule has 23 heavy (non-hydrogen) atoms. The van der Waals surface area contributed by atoms with Crippen LogP contribution in [0.5, 0.6) is 5.75 Å². The second kappa shape index (κ2) is 7.02. The average Bonchev–Trinajstić information content (AvgIpc) is 2.76. The number of amides is 1. The summed E-state index contributed by atoms with van der Waals surface area (Å²) in [5.41, 5.74) is 1.81. The lowest BCUT2D eigenvalue weighted by molar-refractivity contribution is -0.121. The zero-order valence-corrected chi connectivity index (χ0v) is 13.7. The highest BCUT2D eigenvalue weighted by atomic mass is 35.5. The first-order valence-electron chi connectivity index (χ1n) is 7.64. The first-order chi connectivity index (χ1) is 11.1. The van der Waals surface area contributed by atoms with Crippen LogP contribution in [0, 0.1) is 0 Å². The first kappa shape index (κ1) is 15.8. The van der Waals surface area contributed by atoms with E-state index in [0.717, 1.165) is 17.0 Å². The van der Waals surface area contributed by atoms with E-state index in [4.69, 9.17) is 16.3 Å². The summed E-state index contributed by atoms with van der Waals surface area (Å²) in [6.45, 7) is 3.79. The van der Waals surface area contributed by atoms with E-state index in [1.54, 1.807) is 0 Å². The minimum Gasteiger partial charge on any atom is -0.492 e. The number of fused-ring (bicyclic) bond motifs is 1. The summed E-state index contributed by atoms with van der Waals surface area (Å²) in [5, 5.41) is 3.62. The molecule has 1 aliphatic heterocycles. The number of hydrogen-bond donors (Lipinski definition) is 1. The number of nitrogens with zero attached hydrogens (tertiary/aromatic N) is 1. The van der Waals surface area contributed by atoms with Crippen molar-refractivity contribution in [3.63, 3.8) is 0 Å². The maximum atomic E-state index is 12.5. The van der Waals surface area contributed by atoms with E-state index in [-0.39, 0.29) is 11.9 Å². The second-order valence-corrected chi connectivity index (χ2v) is 6.04. The minimum atomic E-state index is -0.260. The van der Waals surface area contributed by atoms with Crippen molar-refractivity contribution in [3.05, 3.63) is 59.1 Å². The Balaban J connectivity index is 1.71. The molecule has 0 saturated carbocycles. The number of carbonyl (C=O) groups is 1. The van der Waals surface area contributed by atoms with Crippen molar-refractivity contribution in [2.75, 3.05) is 18.5 Å². The van der Waals surface area contributed by atoms with Crippen LogP contribution in [0.15, 0.2) is 48.5 Å². The summed E-state index contributed by atoms with van der Waals surface area (Å²) in [7, 11) is 0. The van der Waals surface area contributed by atoms with Crippen molar-refractivity contribution in [2.24, 2.45) is 0 Å². The first-order valence-corrected chi connectivity index (χ1v) is 8.02. The number of rotatable bonds is 3. The Hall–Kier alpha value is -2.04. The predicted molar refractivity (Wildman–Crippen MR) is 91.9 cm³/mol. The zero-order valence-electron chi connectivity index (χ0n) is 13.0. The van der Waals surface area contributed by atoms with Crippen molar-refractivity contribution in [1.82, 2.24) is 4.90 Å². The quantitative estimate of drug-likeness (QED) is 0.935. The number of ether oxygens (including phenoxy) is 1. The fourth-order valence-corrected chi connectivity index (χ4v) is 2.84. The third-order valence-electron chi connectivity index (χ3n) is 4.00. The van der Waals surface area contributed by atoms with Gasteiger partial charge >= 0.3 is 0 Å². The fraction of sp³-hybridized carbons (Fsp3) is 0.278. The van der Waals surface area contributed by atoms with Crippen molar-refractivity contribution in [2.45, 2.75) is 19.5 Å². The largest absolute Gasteiger partial charge is 0.492 e. The minimum absolute atomic E-state index is 0.0262. The molecule has 2 aromatic rings. The van der Waals surface area contributed by atoms with Crippen molar-refractivity contribution in [1.29, 1.82) is 0 Å². The normalized spacial score (nSPS) is 15.9.